The maximum absolute atomic E-state index is 11.9. The lowest BCUT2D eigenvalue weighted by Crippen LogP contribution is -2.41. The Morgan fingerprint density at radius 3 is 2.64 bits per heavy atom. The lowest BCUT2D eigenvalue weighted by atomic mass is 10.2. The van der Waals surface area contributed by atoms with E-state index in [9.17, 15) is 19.5 Å². The van der Waals surface area contributed by atoms with Gasteiger partial charge >= 0.3 is 0 Å². The van der Waals surface area contributed by atoms with Crippen LogP contribution in [0.15, 0.2) is 42.5 Å². The number of rotatable bonds is 5. The van der Waals surface area contributed by atoms with Crippen LogP contribution in [-0.4, -0.2) is 73.6 Å². The highest BCUT2D eigenvalue weighted by molar-refractivity contribution is 7.17. The first-order chi connectivity index (χ1) is 15.9. The van der Waals surface area contributed by atoms with Gasteiger partial charge in [-0.05, 0) is 42.5 Å². The van der Waals surface area contributed by atoms with Gasteiger partial charge in [0, 0.05) is 48.9 Å². The van der Waals surface area contributed by atoms with E-state index < -0.39 is 12.1 Å². The molecule has 2 fully saturated rings. The molecule has 1 aromatic carbocycles. The van der Waals surface area contributed by atoms with Crippen LogP contribution in [0, 0.1) is 0 Å². The summed E-state index contributed by atoms with van der Waals surface area (Å²) in [4.78, 5) is 38.2. The Hall–Kier alpha value is -2.72. The van der Waals surface area contributed by atoms with Crippen molar-refractivity contribution in [1.29, 1.82) is 0 Å². The number of hydrogen-bond acceptors (Lipinski definition) is 7. The Labute approximate surface area is 201 Å². The van der Waals surface area contributed by atoms with E-state index in [-0.39, 0.29) is 25.0 Å². The lowest BCUT2D eigenvalue weighted by Gasteiger charge is -2.26. The lowest BCUT2D eigenvalue weighted by molar-refractivity contribution is -0.130. The minimum Gasteiger partial charge on any atom is -0.391 e. The zero-order valence-electron chi connectivity index (χ0n) is 18.1. The van der Waals surface area contributed by atoms with Gasteiger partial charge in [-0.15, -0.1) is 11.3 Å². The molecular weight excluding hydrogens is 466 g/mol. The Morgan fingerprint density at radius 1 is 1.27 bits per heavy atom. The topological polar surface area (TPSA) is 99.2 Å². The van der Waals surface area contributed by atoms with Gasteiger partial charge in [0.25, 0.3) is 5.91 Å². The molecule has 8 nitrogen and oxygen atoms in total. The Bertz CT molecular complexity index is 994. The fourth-order valence-corrected chi connectivity index (χ4v) is 4.46. The number of morpholine rings is 1. The standard InChI is InChI=1S/C12H12ClNO3S.C11H14N2O2/c13-11-3-1-10(18-11)2-4-12(17)14-6-9(16)5-8(14)7-15;1-12-9-2-4-10(5-3-9)13-6-7-15-8-11(13)14/h1-4,7-9,16H,5-6H2;2-5,12H,6-8H2,1H3/b4-2+;. The number of hydrogen-bond donors (Lipinski definition) is 2. The average Bonchev–Trinajstić information content (AvgIpc) is 3.43. The second-order valence-corrected chi connectivity index (χ2v) is 9.20. The van der Waals surface area contributed by atoms with E-state index in [0.29, 0.717) is 30.2 Å². The van der Waals surface area contributed by atoms with Gasteiger partial charge in [0.05, 0.1) is 23.1 Å². The largest absolute Gasteiger partial charge is 0.391 e. The number of carbonyl (C=O) groups is 3. The summed E-state index contributed by atoms with van der Waals surface area (Å²) in [6.45, 7) is 1.64. The maximum Gasteiger partial charge on any atom is 0.253 e. The summed E-state index contributed by atoms with van der Waals surface area (Å²) in [5.74, 6) is -0.244. The molecule has 2 N–H and O–H groups in total. The summed E-state index contributed by atoms with van der Waals surface area (Å²) in [6.07, 6.45) is 3.45. The Morgan fingerprint density at radius 2 is 2.03 bits per heavy atom. The first kappa shape index (κ1) is 24.9. The number of likely N-dealkylation sites (tertiary alicyclic amines) is 1. The van der Waals surface area contributed by atoms with Crippen LogP contribution in [0.25, 0.3) is 6.08 Å². The summed E-state index contributed by atoms with van der Waals surface area (Å²) in [5, 5.41) is 12.5. The van der Waals surface area contributed by atoms with Crippen LogP contribution in [0.1, 0.15) is 11.3 Å². The predicted molar refractivity (Wildman–Crippen MR) is 130 cm³/mol. The van der Waals surface area contributed by atoms with Crippen molar-refractivity contribution in [2.75, 3.05) is 43.6 Å². The summed E-state index contributed by atoms with van der Waals surface area (Å²) in [5.41, 5.74) is 1.97. The molecule has 0 aliphatic carbocycles. The molecule has 3 heterocycles. The summed E-state index contributed by atoms with van der Waals surface area (Å²) < 4.78 is 5.73. The molecule has 176 valence electrons. The second-order valence-electron chi connectivity index (χ2n) is 7.45. The molecule has 2 unspecified atom stereocenters. The molecule has 2 saturated heterocycles. The van der Waals surface area contributed by atoms with Gasteiger partial charge in [0.15, 0.2) is 0 Å². The molecule has 4 rings (SSSR count). The van der Waals surface area contributed by atoms with Crippen LogP contribution in [0.2, 0.25) is 4.34 Å². The van der Waals surface area contributed by atoms with Crippen LogP contribution in [-0.2, 0) is 19.1 Å². The van der Waals surface area contributed by atoms with Gasteiger partial charge in [-0.1, -0.05) is 11.6 Å². The number of aldehydes is 1. The van der Waals surface area contributed by atoms with Crippen molar-refractivity contribution in [3.05, 3.63) is 51.7 Å². The number of nitrogens with zero attached hydrogens (tertiary/aromatic N) is 2. The number of aliphatic hydroxyl groups is 1. The fraction of sp³-hybridized carbons (Fsp3) is 0.348. The number of carbonyl (C=O) groups excluding carboxylic acids is 3. The monoisotopic (exact) mass is 491 g/mol. The van der Waals surface area contributed by atoms with E-state index in [1.165, 1.54) is 22.3 Å². The molecule has 1 aromatic heterocycles. The molecule has 2 aliphatic heterocycles. The van der Waals surface area contributed by atoms with E-state index in [1.807, 2.05) is 37.4 Å². The first-order valence-corrected chi connectivity index (χ1v) is 11.6. The number of nitrogens with one attached hydrogen (secondary N) is 1. The van der Waals surface area contributed by atoms with E-state index >= 15 is 0 Å². The van der Waals surface area contributed by atoms with E-state index in [4.69, 9.17) is 16.3 Å². The molecular formula is C23H26ClN3O5S. The summed E-state index contributed by atoms with van der Waals surface area (Å²) in [6, 6.07) is 10.8. The van der Waals surface area contributed by atoms with Gasteiger partial charge in [-0.2, -0.15) is 0 Å². The number of halogens is 1. The molecule has 33 heavy (non-hydrogen) atoms. The van der Waals surface area contributed by atoms with Gasteiger partial charge in [-0.3, -0.25) is 9.59 Å². The highest BCUT2D eigenvalue weighted by atomic mass is 35.5. The van der Waals surface area contributed by atoms with E-state index in [2.05, 4.69) is 5.32 Å². The number of anilines is 2. The van der Waals surface area contributed by atoms with Crippen LogP contribution < -0.4 is 10.2 Å². The van der Waals surface area contributed by atoms with Crippen LogP contribution in [0.4, 0.5) is 11.4 Å². The minimum atomic E-state index is -0.617. The van der Waals surface area contributed by atoms with E-state index in [0.717, 1.165) is 16.3 Å². The SMILES string of the molecule is CNc1ccc(N2CCOCC2=O)cc1.O=CC1CC(O)CN1C(=O)/C=C/c1ccc(Cl)s1. The van der Waals surface area contributed by atoms with Crippen molar-refractivity contribution in [2.45, 2.75) is 18.6 Å². The molecule has 2 amide bonds. The van der Waals surface area contributed by atoms with Crippen molar-refractivity contribution in [1.82, 2.24) is 4.90 Å². The smallest absolute Gasteiger partial charge is 0.253 e. The third-order valence-corrected chi connectivity index (χ3v) is 6.40. The predicted octanol–water partition coefficient (Wildman–Crippen LogP) is 2.67. The number of aliphatic hydroxyl groups excluding tert-OH is 1. The van der Waals surface area contributed by atoms with Crippen LogP contribution in [0.3, 0.4) is 0 Å². The normalized spacial score (nSPS) is 20.5. The van der Waals surface area contributed by atoms with Crippen LogP contribution in [0.5, 0.6) is 0 Å². The highest BCUT2D eigenvalue weighted by Crippen LogP contribution is 2.23. The van der Waals surface area contributed by atoms with Gasteiger partial charge in [0.1, 0.15) is 12.9 Å². The zero-order valence-corrected chi connectivity index (χ0v) is 19.7. The molecule has 2 atom stereocenters. The maximum atomic E-state index is 11.9. The van der Waals surface area contributed by atoms with Gasteiger partial charge < -0.3 is 29.8 Å². The van der Waals surface area contributed by atoms with Gasteiger partial charge in [-0.25, -0.2) is 0 Å². The molecule has 2 aliphatic rings. The zero-order chi connectivity index (χ0) is 23.8. The first-order valence-electron chi connectivity index (χ1n) is 10.4. The molecule has 0 spiro atoms. The number of amides is 2. The molecule has 0 bridgehead atoms. The number of β-amino-alcohol motifs (C(OH)–C–C–N with tert-alkyl or cyclic N) is 1. The number of thiophene rings is 1. The third-order valence-electron chi connectivity index (χ3n) is 5.20. The average molecular weight is 492 g/mol. The highest BCUT2D eigenvalue weighted by Gasteiger charge is 2.32. The second kappa shape index (κ2) is 11.9. The quantitative estimate of drug-likeness (QED) is 0.493. The Kier molecular flexibility index (Phi) is 9.02. The molecule has 2 aromatic rings. The Balaban J connectivity index is 0.000000189. The van der Waals surface area contributed by atoms with E-state index in [1.54, 1.807) is 17.0 Å². The van der Waals surface area contributed by atoms with Crippen molar-refractivity contribution in [3.63, 3.8) is 0 Å². The molecule has 0 saturated carbocycles. The summed E-state index contributed by atoms with van der Waals surface area (Å²) in [7, 11) is 1.87. The summed E-state index contributed by atoms with van der Waals surface area (Å²) >= 11 is 7.15. The molecule has 0 radical (unpaired) electrons. The molecule has 10 heteroatoms. The van der Waals surface area contributed by atoms with Crippen molar-refractivity contribution >= 4 is 58.5 Å². The number of ether oxygens (including phenoxy) is 1. The minimum absolute atomic E-state index is 0.0263. The van der Waals surface area contributed by atoms with Crippen molar-refractivity contribution < 1.29 is 24.2 Å². The van der Waals surface area contributed by atoms with Crippen LogP contribution >= 0.6 is 22.9 Å². The number of benzene rings is 1. The fourth-order valence-electron chi connectivity index (χ4n) is 3.49. The van der Waals surface area contributed by atoms with Crippen molar-refractivity contribution in [3.8, 4) is 0 Å². The van der Waals surface area contributed by atoms with Crippen molar-refractivity contribution in [2.24, 2.45) is 0 Å². The van der Waals surface area contributed by atoms with Gasteiger partial charge in [0.2, 0.25) is 5.91 Å². The third kappa shape index (κ3) is 6.88.